The van der Waals surface area contributed by atoms with E-state index in [4.69, 9.17) is 0 Å². The molecular weight excluding hydrogens is 322 g/mol. The number of thioether (sulfide) groups is 1. The number of hydrogen-bond acceptors (Lipinski definition) is 4. The minimum absolute atomic E-state index is 0.845. The Morgan fingerprint density at radius 3 is 2.79 bits per heavy atom. The Morgan fingerprint density at radius 1 is 1.26 bits per heavy atom. The number of aryl methyl sites for hydroxylation is 1. The average molecular weight is 338 g/mol. The molecule has 0 bridgehead atoms. The summed E-state index contributed by atoms with van der Waals surface area (Å²) in [5.74, 6) is 1.76. The standard InChI is InChI=1S/C14H16BrN3S/c1-3-16-13-12(15)14(18-9-17-13)19-8-11-7-5-4-6-10(11)2/h4-7,9H,3,8H2,1-2H3,(H,16,17,18). The third-order valence-electron chi connectivity index (χ3n) is 2.73. The highest BCUT2D eigenvalue weighted by atomic mass is 79.9. The van der Waals surface area contributed by atoms with Crippen LogP contribution in [0.25, 0.3) is 0 Å². The fraction of sp³-hybridized carbons (Fsp3) is 0.286. The van der Waals surface area contributed by atoms with Gasteiger partial charge >= 0.3 is 0 Å². The summed E-state index contributed by atoms with van der Waals surface area (Å²) in [4.78, 5) is 8.55. The number of benzene rings is 1. The van der Waals surface area contributed by atoms with Crippen LogP contribution in [0.15, 0.2) is 40.1 Å². The zero-order valence-corrected chi connectivity index (χ0v) is 13.4. The summed E-state index contributed by atoms with van der Waals surface area (Å²) in [5.41, 5.74) is 2.65. The van der Waals surface area contributed by atoms with Gasteiger partial charge in [0.1, 0.15) is 17.2 Å². The van der Waals surface area contributed by atoms with Crippen molar-refractivity contribution in [3.05, 3.63) is 46.2 Å². The van der Waals surface area contributed by atoms with Crippen LogP contribution < -0.4 is 5.32 Å². The van der Waals surface area contributed by atoms with Crippen LogP contribution in [0.2, 0.25) is 0 Å². The van der Waals surface area contributed by atoms with Crippen molar-refractivity contribution in [2.75, 3.05) is 11.9 Å². The fourth-order valence-corrected chi connectivity index (χ4v) is 3.31. The van der Waals surface area contributed by atoms with Gasteiger partial charge in [-0.15, -0.1) is 11.8 Å². The van der Waals surface area contributed by atoms with Crippen molar-refractivity contribution < 1.29 is 0 Å². The second kappa shape index (κ2) is 6.91. The van der Waals surface area contributed by atoms with E-state index in [1.807, 2.05) is 0 Å². The lowest BCUT2D eigenvalue weighted by molar-refractivity contribution is 1.01. The van der Waals surface area contributed by atoms with E-state index < -0.39 is 0 Å². The lowest BCUT2D eigenvalue weighted by Crippen LogP contribution is -2.01. The van der Waals surface area contributed by atoms with Gasteiger partial charge in [-0.2, -0.15) is 0 Å². The molecule has 5 heteroatoms. The first-order valence-corrected chi connectivity index (χ1v) is 7.92. The zero-order chi connectivity index (χ0) is 13.7. The lowest BCUT2D eigenvalue weighted by Gasteiger charge is -2.09. The van der Waals surface area contributed by atoms with Crippen molar-refractivity contribution in [2.45, 2.75) is 24.6 Å². The molecule has 19 heavy (non-hydrogen) atoms. The summed E-state index contributed by atoms with van der Waals surface area (Å²) in [6, 6.07) is 8.42. The molecule has 0 amide bonds. The molecule has 100 valence electrons. The van der Waals surface area contributed by atoms with Gasteiger partial charge in [0, 0.05) is 12.3 Å². The Kier molecular flexibility index (Phi) is 5.22. The molecule has 0 fully saturated rings. The van der Waals surface area contributed by atoms with E-state index in [2.05, 4.69) is 69.3 Å². The van der Waals surface area contributed by atoms with Gasteiger partial charge in [-0.3, -0.25) is 0 Å². The molecular formula is C14H16BrN3S. The molecule has 1 aromatic heterocycles. The maximum atomic E-state index is 4.33. The van der Waals surface area contributed by atoms with Crippen LogP contribution >= 0.6 is 27.7 Å². The number of nitrogens with zero attached hydrogens (tertiary/aromatic N) is 2. The van der Waals surface area contributed by atoms with Crippen molar-refractivity contribution in [3.8, 4) is 0 Å². The summed E-state index contributed by atoms with van der Waals surface area (Å²) in [7, 11) is 0. The van der Waals surface area contributed by atoms with Gasteiger partial charge in [-0.25, -0.2) is 9.97 Å². The van der Waals surface area contributed by atoms with Crippen LogP contribution in [0, 0.1) is 6.92 Å². The van der Waals surface area contributed by atoms with Crippen LogP contribution in [-0.2, 0) is 5.75 Å². The third kappa shape index (κ3) is 3.70. The first-order chi connectivity index (χ1) is 9.22. The number of halogens is 1. The molecule has 0 saturated heterocycles. The monoisotopic (exact) mass is 337 g/mol. The van der Waals surface area contributed by atoms with E-state index >= 15 is 0 Å². The Labute approximate surface area is 126 Å². The molecule has 3 nitrogen and oxygen atoms in total. The number of anilines is 1. The van der Waals surface area contributed by atoms with E-state index in [0.717, 1.165) is 27.6 Å². The van der Waals surface area contributed by atoms with Gasteiger partial charge < -0.3 is 5.32 Å². The van der Waals surface area contributed by atoms with Crippen molar-refractivity contribution in [2.24, 2.45) is 0 Å². The normalized spacial score (nSPS) is 10.5. The van der Waals surface area contributed by atoms with Gasteiger partial charge in [0.2, 0.25) is 0 Å². The molecule has 0 saturated carbocycles. The highest BCUT2D eigenvalue weighted by Gasteiger charge is 2.09. The molecule has 2 aromatic rings. The minimum atomic E-state index is 0.845. The van der Waals surface area contributed by atoms with Crippen LogP contribution in [0.4, 0.5) is 5.82 Å². The predicted molar refractivity (Wildman–Crippen MR) is 84.6 cm³/mol. The van der Waals surface area contributed by atoms with E-state index in [1.54, 1.807) is 18.1 Å². The third-order valence-corrected chi connectivity index (χ3v) is 4.78. The average Bonchev–Trinajstić information content (AvgIpc) is 2.42. The second-order valence-corrected chi connectivity index (χ2v) is 5.84. The van der Waals surface area contributed by atoms with E-state index in [-0.39, 0.29) is 0 Å². The van der Waals surface area contributed by atoms with Crippen LogP contribution in [0.3, 0.4) is 0 Å². The van der Waals surface area contributed by atoms with Crippen LogP contribution in [0.1, 0.15) is 18.1 Å². The van der Waals surface area contributed by atoms with Gasteiger partial charge in [0.25, 0.3) is 0 Å². The maximum Gasteiger partial charge on any atom is 0.144 e. The zero-order valence-electron chi connectivity index (χ0n) is 11.0. The highest BCUT2D eigenvalue weighted by Crippen LogP contribution is 2.32. The molecule has 0 unspecified atom stereocenters. The van der Waals surface area contributed by atoms with Crippen LogP contribution in [0.5, 0.6) is 0 Å². The van der Waals surface area contributed by atoms with Gasteiger partial charge in [-0.05, 0) is 40.9 Å². The predicted octanol–water partition coefficient (Wildman–Crippen LogP) is 4.27. The summed E-state index contributed by atoms with van der Waals surface area (Å²) in [6.45, 7) is 5.03. The number of aromatic nitrogens is 2. The topological polar surface area (TPSA) is 37.8 Å². The summed E-state index contributed by atoms with van der Waals surface area (Å²) in [6.07, 6.45) is 1.60. The second-order valence-electron chi connectivity index (χ2n) is 4.09. The summed E-state index contributed by atoms with van der Waals surface area (Å²) >= 11 is 5.28. The SMILES string of the molecule is CCNc1ncnc(SCc2ccccc2C)c1Br. The lowest BCUT2D eigenvalue weighted by atomic mass is 10.1. The Bertz CT molecular complexity index is 560. The van der Waals surface area contributed by atoms with Crippen LogP contribution in [-0.4, -0.2) is 16.5 Å². The van der Waals surface area contributed by atoms with Gasteiger partial charge in [0.15, 0.2) is 0 Å². The number of nitrogens with one attached hydrogen (secondary N) is 1. The smallest absolute Gasteiger partial charge is 0.144 e. The Hall–Kier alpha value is -1.07. The molecule has 0 aliphatic carbocycles. The summed E-state index contributed by atoms with van der Waals surface area (Å²) in [5, 5.41) is 4.18. The molecule has 1 heterocycles. The van der Waals surface area contributed by atoms with Crippen molar-refractivity contribution in [1.29, 1.82) is 0 Å². The molecule has 0 radical (unpaired) electrons. The van der Waals surface area contributed by atoms with Crippen molar-refractivity contribution in [3.63, 3.8) is 0 Å². The van der Waals surface area contributed by atoms with Crippen molar-refractivity contribution in [1.82, 2.24) is 9.97 Å². The molecule has 1 aromatic carbocycles. The molecule has 0 spiro atoms. The fourth-order valence-electron chi connectivity index (χ4n) is 1.66. The van der Waals surface area contributed by atoms with Crippen molar-refractivity contribution >= 4 is 33.5 Å². The summed E-state index contributed by atoms with van der Waals surface area (Å²) < 4.78 is 0.940. The molecule has 1 N–H and O–H groups in total. The Balaban J connectivity index is 2.12. The van der Waals surface area contributed by atoms with E-state index in [0.29, 0.717) is 0 Å². The minimum Gasteiger partial charge on any atom is -0.369 e. The first-order valence-electron chi connectivity index (χ1n) is 6.14. The molecule has 0 aliphatic rings. The quantitative estimate of drug-likeness (QED) is 0.653. The highest BCUT2D eigenvalue weighted by molar-refractivity contribution is 9.10. The van der Waals surface area contributed by atoms with E-state index in [9.17, 15) is 0 Å². The largest absolute Gasteiger partial charge is 0.369 e. The Morgan fingerprint density at radius 2 is 2.05 bits per heavy atom. The van der Waals surface area contributed by atoms with Gasteiger partial charge in [0.05, 0.1) is 4.47 Å². The molecule has 0 aliphatic heterocycles. The molecule has 0 atom stereocenters. The maximum absolute atomic E-state index is 4.33. The van der Waals surface area contributed by atoms with Gasteiger partial charge in [-0.1, -0.05) is 24.3 Å². The molecule has 2 rings (SSSR count). The number of rotatable bonds is 5. The first kappa shape index (κ1) is 14.3. The number of hydrogen-bond donors (Lipinski definition) is 1. The van der Waals surface area contributed by atoms with E-state index in [1.165, 1.54) is 11.1 Å².